The van der Waals surface area contributed by atoms with E-state index in [1.807, 2.05) is 30.5 Å². The fourth-order valence-corrected chi connectivity index (χ4v) is 4.23. The van der Waals surface area contributed by atoms with Crippen LogP contribution in [0.25, 0.3) is 21.1 Å². The molecule has 138 valence electrons. The second kappa shape index (κ2) is 6.88. The molecule has 0 saturated heterocycles. The molecule has 0 atom stereocenters. The second-order valence-electron chi connectivity index (χ2n) is 6.16. The van der Waals surface area contributed by atoms with Gasteiger partial charge < -0.3 is 19.6 Å². The Morgan fingerprint density at radius 2 is 2.22 bits per heavy atom. The van der Waals surface area contributed by atoms with Gasteiger partial charge >= 0.3 is 0 Å². The number of aryl methyl sites for hydroxylation is 1. The summed E-state index contributed by atoms with van der Waals surface area (Å²) in [7, 11) is 1.65. The summed E-state index contributed by atoms with van der Waals surface area (Å²) < 4.78 is 7.33. The molecule has 0 aliphatic rings. The number of aromatic nitrogens is 3. The molecule has 0 bridgehead atoms. The van der Waals surface area contributed by atoms with Crippen molar-refractivity contribution in [2.75, 3.05) is 13.7 Å². The Hall–Kier alpha value is -3.13. The lowest BCUT2D eigenvalue weighted by Crippen LogP contribution is -2.26. The van der Waals surface area contributed by atoms with Crippen molar-refractivity contribution < 1.29 is 9.53 Å². The third-order valence-corrected chi connectivity index (χ3v) is 5.75. The number of benzene rings is 1. The molecule has 8 heteroatoms. The van der Waals surface area contributed by atoms with Gasteiger partial charge in [0.05, 0.1) is 23.7 Å². The van der Waals surface area contributed by atoms with Crippen molar-refractivity contribution in [1.82, 2.24) is 19.9 Å². The molecule has 3 heterocycles. The highest BCUT2D eigenvalue weighted by Crippen LogP contribution is 2.26. The van der Waals surface area contributed by atoms with Gasteiger partial charge in [0.25, 0.3) is 11.5 Å². The van der Waals surface area contributed by atoms with Gasteiger partial charge in [0.1, 0.15) is 10.6 Å². The van der Waals surface area contributed by atoms with Crippen LogP contribution >= 0.6 is 11.3 Å². The van der Waals surface area contributed by atoms with E-state index in [1.165, 1.54) is 17.7 Å². The summed E-state index contributed by atoms with van der Waals surface area (Å²) in [5, 5.41) is 4.51. The molecule has 0 aliphatic heterocycles. The third kappa shape index (κ3) is 3.08. The van der Waals surface area contributed by atoms with Crippen molar-refractivity contribution in [2.45, 2.75) is 13.5 Å². The molecule has 4 aromatic rings. The summed E-state index contributed by atoms with van der Waals surface area (Å²) in [4.78, 5) is 32.3. The van der Waals surface area contributed by atoms with Gasteiger partial charge in [0, 0.05) is 30.2 Å². The van der Waals surface area contributed by atoms with Crippen molar-refractivity contribution in [1.29, 1.82) is 0 Å². The number of fused-ring (bicyclic) bond motifs is 2. The van der Waals surface area contributed by atoms with Gasteiger partial charge in [0.2, 0.25) is 0 Å². The Bertz CT molecular complexity index is 1200. The van der Waals surface area contributed by atoms with Crippen LogP contribution in [0, 0.1) is 6.92 Å². The quantitative estimate of drug-likeness (QED) is 0.555. The normalized spacial score (nSPS) is 11.2. The van der Waals surface area contributed by atoms with Gasteiger partial charge in [-0.3, -0.25) is 9.59 Å². The predicted octanol–water partition coefficient (Wildman–Crippen LogP) is 2.69. The Morgan fingerprint density at radius 3 is 3.00 bits per heavy atom. The Labute approximate surface area is 158 Å². The van der Waals surface area contributed by atoms with E-state index in [2.05, 4.69) is 19.9 Å². The lowest BCUT2D eigenvalue weighted by Gasteiger charge is -2.08. The molecule has 0 fully saturated rings. The number of aromatic amines is 1. The maximum atomic E-state index is 12.6. The highest BCUT2D eigenvalue weighted by atomic mass is 32.1. The minimum absolute atomic E-state index is 0.187. The highest BCUT2D eigenvalue weighted by Gasteiger charge is 2.18. The van der Waals surface area contributed by atoms with Gasteiger partial charge in [-0.2, -0.15) is 0 Å². The molecule has 3 aromatic heterocycles. The topological polar surface area (TPSA) is 89.0 Å². The van der Waals surface area contributed by atoms with Gasteiger partial charge in [-0.05, 0) is 36.8 Å². The molecule has 0 aliphatic carbocycles. The first-order valence-electron chi connectivity index (χ1n) is 8.46. The number of ether oxygens (including phenoxy) is 1. The number of H-pyrrole nitrogens is 1. The van der Waals surface area contributed by atoms with E-state index in [9.17, 15) is 9.59 Å². The molecule has 1 amide bonds. The van der Waals surface area contributed by atoms with Crippen LogP contribution < -0.4 is 15.6 Å². The van der Waals surface area contributed by atoms with Crippen LogP contribution in [0.3, 0.4) is 0 Å². The number of hydrogen-bond acceptors (Lipinski definition) is 5. The lowest BCUT2D eigenvalue weighted by atomic mass is 10.2. The van der Waals surface area contributed by atoms with Crippen molar-refractivity contribution in [3.8, 4) is 5.75 Å². The van der Waals surface area contributed by atoms with Crippen LogP contribution in [-0.2, 0) is 6.54 Å². The van der Waals surface area contributed by atoms with Crippen molar-refractivity contribution >= 4 is 38.4 Å². The summed E-state index contributed by atoms with van der Waals surface area (Å²) in [5.41, 5.74) is 1.53. The summed E-state index contributed by atoms with van der Waals surface area (Å²) >= 11 is 1.24. The molecule has 0 unspecified atom stereocenters. The van der Waals surface area contributed by atoms with Gasteiger partial charge in [-0.25, -0.2) is 4.98 Å². The van der Waals surface area contributed by atoms with Gasteiger partial charge in [-0.1, -0.05) is 0 Å². The zero-order chi connectivity index (χ0) is 19.0. The van der Waals surface area contributed by atoms with Crippen molar-refractivity contribution in [3.63, 3.8) is 0 Å². The second-order valence-corrected chi connectivity index (χ2v) is 7.16. The zero-order valence-electron chi connectivity index (χ0n) is 14.9. The number of nitrogens with zero attached hydrogens (tertiary/aromatic N) is 2. The number of amides is 1. The fraction of sp³-hybridized carbons (Fsp3) is 0.211. The molecule has 27 heavy (non-hydrogen) atoms. The van der Waals surface area contributed by atoms with Crippen molar-refractivity contribution in [2.24, 2.45) is 0 Å². The molecular weight excluding hydrogens is 364 g/mol. The fourth-order valence-electron chi connectivity index (χ4n) is 3.17. The van der Waals surface area contributed by atoms with Gasteiger partial charge in [0.15, 0.2) is 0 Å². The van der Waals surface area contributed by atoms with E-state index in [4.69, 9.17) is 4.74 Å². The molecule has 0 spiro atoms. The number of methoxy groups -OCH3 is 1. The average molecular weight is 382 g/mol. The maximum absolute atomic E-state index is 12.6. The Morgan fingerprint density at radius 1 is 1.37 bits per heavy atom. The van der Waals surface area contributed by atoms with E-state index in [0.29, 0.717) is 33.7 Å². The molecule has 1 aromatic carbocycles. The first-order chi connectivity index (χ1) is 13.1. The largest absolute Gasteiger partial charge is 0.497 e. The molecule has 4 rings (SSSR count). The number of carbonyl (C=O) groups is 1. The lowest BCUT2D eigenvalue weighted by molar-refractivity contribution is 0.0956. The number of rotatable bonds is 5. The number of hydrogen-bond donors (Lipinski definition) is 2. The minimum Gasteiger partial charge on any atom is -0.497 e. The number of nitrogens with one attached hydrogen (secondary N) is 2. The van der Waals surface area contributed by atoms with Crippen LogP contribution in [0.4, 0.5) is 0 Å². The summed E-state index contributed by atoms with van der Waals surface area (Å²) in [6.07, 6.45) is 3.35. The smallest absolute Gasteiger partial charge is 0.261 e. The van der Waals surface area contributed by atoms with E-state index < -0.39 is 0 Å². The zero-order valence-corrected chi connectivity index (χ0v) is 15.7. The molecule has 7 nitrogen and oxygen atoms in total. The summed E-state index contributed by atoms with van der Waals surface area (Å²) in [6, 6.07) is 7.93. The maximum Gasteiger partial charge on any atom is 0.261 e. The van der Waals surface area contributed by atoms with Crippen LogP contribution in [0.1, 0.15) is 15.2 Å². The summed E-state index contributed by atoms with van der Waals surface area (Å²) in [6.45, 7) is 2.90. The van der Waals surface area contributed by atoms with E-state index in [1.54, 1.807) is 14.0 Å². The van der Waals surface area contributed by atoms with Crippen LogP contribution in [0.5, 0.6) is 5.75 Å². The monoisotopic (exact) mass is 382 g/mol. The Balaban J connectivity index is 1.48. The van der Waals surface area contributed by atoms with E-state index >= 15 is 0 Å². The van der Waals surface area contributed by atoms with Crippen molar-refractivity contribution in [3.05, 3.63) is 57.6 Å². The first-order valence-corrected chi connectivity index (χ1v) is 9.28. The predicted molar refractivity (Wildman–Crippen MR) is 106 cm³/mol. The van der Waals surface area contributed by atoms with Crippen LogP contribution in [-0.4, -0.2) is 34.1 Å². The number of carbonyl (C=O) groups excluding carboxylic acids is 1. The van der Waals surface area contributed by atoms with E-state index in [0.717, 1.165) is 16.7 Å². The number of thiophene rings is 1. The highest BCUT2D eigenvalue weighted by molar-refractivity contribution is 7.20. The molecule has 0 radical (unpaired) electrons. The average Bonchev–Trinajstić information content (AvgIpc) is 3.23. The summed E-state index contributed by atoms with van der Waals surface area (Å²) in [5.74, 6) is 0.630. The van der Waals surface area contributed by atoms with Gasteiger partial charge in [-0.15, -0.1) is 11.3 Å². The van der Waals surface area contributed by atoms with E-state index in [-0.39, 0.29) is 11.5 Å². The van der Waals surface area contributed by atoms with Crippen LogP contribution in [0.2, 0.25) is 0 Å². The van der Waals surface area contributed by atoms with Crippen LogP contribution in [0.15, 0.2) is 41.6 Å². The minimum atomic E-state index is -0.220. The SMILES string of the molecule is COc1ccc2c(ccn2CCNC(=O)c2sc3nc[nH]c(=O)c3c2C)c1. The third-order valence-electron chi connectivity index (χ3n) is 4.56. The Kier molecular flexibility index (Phi) is 4.41. The molecule has 2 N–H and O–H groups in total. The molecule has 0 saturated carbocycles. The molecular formula is C19H18N4O3S. The first kappa shape index (κ1) is 17.3. The standard InChI is InChI=1S/C19H18N4O3S/c1-11-15-17(24)21-10-22-19(15)27-16(11)18(25)20-6-8-23-7-5-12-9-13(26-2)3-4-14(12)23/h3-5,7,9-10H,6,8H2,1-2H3,(H,20,25)(H,21,22,24).